The SMILES string of the molecule is CCC(OC(=O)c1ccc(Cl)c(S(=O)(=O)N2CCCC(C)C2)c1)C(=O)Nc1cc(C)on1. The first-order valence-electron chi connectivity index (χ1n) is 10.4. The van der Waals surface area contributed by atoms with E-state index in [9.17, 15) is 18.0 Å². The zero-order valence-corrected chi connectivity index (χ0v) is 19.7. The molecule has 0 bridgehead atoms. The van der Waals surface area contributed by atoms with Gasteiger partial charge < -0.3 is 14.6 Å². The molecule has 32 heavy (non-hydrogen) atoms. The second-order valence-electron chi connectivity index (χ2n) is 7.87. The van der Waals surface area contributed by atoms with Crippen molar-refractivity contribution in [2.24, 2.45) is 5.92 Å². The zero-order valence-electron chi connectivity index (χ0n) is 18.1. The van der Waals surface area contributed by atoms with Gasteiger partial charge in [0.2, 0.25) is 10.0 Å². The Kier molecular flexibility index (Phi) is 7.58. The summed E-state index contributed by atoms with van der Waals surface area (Å²) in [6, 6.07) is 5.45. The molecule has 1 aromatic carbocycles. The van der Waals surface area contributed by atoms with Crippen molar-refractivity contribution in [2.45, 2.75) is 51.0 Å². The number of halogens is 1. The Bertz CT molecular complexity index is 1100. The summed E-state index contributed by atoms with van der Waals surface area (Å²) in [5.74, 6) is -0.439. The molecule has 2 heterocycles. The molecule has 9 nitrogen and oxygen atoms in total. The third-order valence-corrected chi connectivity index (χ3v) is 7.54. The molecule has 174 valence electrons. The fourth-order valence-corrected chi connectivity index (χ4v) is 5.58. The quantitative estimate of drug-likeness (QED) is 0.597. The molecular formula is C21H26ClN3O6S. The Hall–Kier alpha value is -2.43. The number of carbonyl (C=O) groups excluding carboxylic acids is 2. The Morgan fingerprint density at radius 3 is 2.75 bits per heavy atom. The molecule has 0 spiro atoms. The number of ether oxygens (including phenoxy) is 1. The summed E-state index contributed by atoms with van der Waals surface area (Å²) < 4.78 is 37.9. The first-order valence-corrected chi connectivity index (χ1v) is 12.2. The third kappa shape index (κ3) is 5.48. The maximum atomic E-state index is 13.1. The smallest absolute Gasteiger partial charge is 0.338 e. The Balaban J connectivity index is 1.77. The van der Waals surface area contributed by atoms with Gasteiger partial charge in [-0.3, -0.25) is 4.79 Å². The fourth-order valence-electron chi connectivity index (χ4n) is 3.48. The first kappa shape index (κ1) is 24.2. The van der Waals surface area contributed by atoms with Crippen molar-refractivity contribution >= 4 is 39.3 Å². The van der Waals surface area contributed by atoms with Gasteiger partial charge in [0.1, 0.15) is 10.7 Å². The van der Waals surface area contributed by atoms with E-state index < -0.39 is 28.0 Å². The minimum absolute atomic E-state index is 0.0124. The van der Waals surface area contributed by atoms with Gasteiger partial charge in [0.05, 0.1) is 10.6 Å². The number of nitrogens with zero attached hydrogens (tertiary/aromatic N) is 2. The highest BCUT2D eigenvalue weighted by Crippen LogP contribution is 2.29. The van der Waals surface area contributed by atoms with Crippen LogP contribution in [-0.2, 0) is 19.6 Å². The number of esters is 1. The molecule has 11 heteroatoms. The average Bonchev–Trinajstić information content (AvgIpc) is 3.16. The predicted molar refractivity (Wildman–Crippen MR) is 118 cm³/mol. The number of carbonyl (C=O) groups is 2. The van der Waals surface area contributed by atoms with Gasteiger partial charge in [-0.2, -0.15) is 4.31 Å². The standard InChI is InChI=1S/C21H26ClN3O6S/c1-4-17(20(26)23-19-10-14(3)31-24-19)30-21(27)15-7-8-16(22)18(11-15)32(28,29)25-9-5-6-13(2)12-25/h7-8,10-11,13,17H,4-6,9,12H2,1-3H3,(H,23,24,26). The van der Waals surface area contributed by atoms with Crippen molar-refractivity contribution in [3.8, 4) is 0 Å². The number of anilines is 1. The number of hydrogen-bond donors (Lipinski definition) is 1. The summed E-state index contributed by atoms with van der Waals surface area (Å²) in [5.41, 5.74) is -0.0124. The predicted octanol–water partition coefficient (Wildman–Crippen LogP) is 3.63. The van der Waals surface area contributed by atoms with Crippen molar-refractivity contribution in [1.82, 2.24) is 9.46 Å². The van der Waals surface area contributed by atoms with E-state index in [0.717, 1.165) is 12.8 Å². The molecule has 2 aromatic rings. The minimum Gasteiger partial charge on any atom is -0.449 e. The van der Waals surface area contributed by atoms with Crippen LogP contribution in [0.5, 0.6) is 0 Å². The van der Waals surface area contributed by atoms with E-state index in [1.165, 1.54) is 28.6 Å². The Morgan fingerprint density at radius 2 is 2.12 bits per heavy atom. The van der Waals surface area contributed by atoms with Crippen LogP contribution in [0.3, 0.4) is 0 Å². The van der Waals surface area contributed by atoms with Crippen LogP contribution >= 0.6 is 11.6 Å². The maximum Gasteiger partial charge on any atom is 0.338 e. The first-order chi connectivity index (χ1) is 15.1. The van der Waals surface area contributed by atoms with Crippen LogP contribution in [-0.4, -0.2) is 48.9 Å². The largest absolute Gasteiger partial charge is 0.449 e. The number of sulfonamides is 1. The van der Waals surface area contributed by atoms with E-state index in [4.69, 9.17) is 20.9 Å². The molecule has 2 unspecified atom stereocenters. The fraction of sp³-hybridized carbons (Fsp3) is 0.476. The normalized spacial score (nSPS) is 18.2. The molecule has 1 saturated heterocycles. The highest BCUT2D eigenvalue weighted by molar-refractivity contribution is 7.89. The van der Waals surface area contributed by atoms with Gasteiger partial charge in [-0.1, -0.05) is 30.6 Å². The molecule has 0 saturated carbocycles. The van der Waals surface area contributed by atoms with Gasteiger partial charge in [0.15, 0.2) is 11.9 Å². The lowest BCUT2D eigenvalue weighted by Crippen LogP contribution is -2.39. The summed E-state index contributed by atoms with van der Waals surface area (Å²) >= 11 is 6.18. The van der Waals surface area contributed by atoms with Crippen LogP contribution in [0.4, 0.5) is 5.82 Å². The van der Waals surface area contributed by atoms with E-state index >= 15 is 0 Å². The topological polar surface area (TPSA) is 119 Å². The molecule has 2 atom stereocenters. The van der Waals surface area contributed by atoms with Crippen LogP contribution in [0.15, 0.2) is 33.7 Å². The number of hydrogen-bond acceptors (Lipinski definition) is 7. The highest BCUT2D eigenvalue weighted by Gasteiger charge is 2.31. The molecule has 1 aliphatic rings. The molecule has 1 aromatic heterocycles. The molecule has 3 rings (SSSR count). The van der Waals surface area contributed by atoms with Gasteiger partial charge in [-0.15, -0.1) is 0 Å². The van der Waals surface area contributed by atoms with Crippen molar-refractivity contribution in [2.75, 3.05) is 18.4 Å². The van der Waals surface area contributed by atoms with E-state index in [0.29, 0.717) is 18.8 Å². The van der Waals surface area contributed by atoms with Gasteiger partial charge in [0, 0.05) is 19.2 Å². The lowest BCUT2D eigenvalue weighted by atomic mass is 10.0. The van der Waals surface area contributed by atoms with Crippen molar-refractivity contribution < 1.29 is 27.3 Å². The van der Waals surface area contributed by atoms with E-state index in [1.807, 2.05) is 6.92 Å². The second-order valence-corrected chi connectivity index (χ2v) is 10.2. The summed E-state index contributed by atoms with van der Waals surface area (Å²) in [7, 11) is -3.87. The Morgan fingerprint density at radius 1 is 1.38 bits per heavy atom. The Labute approximate surface area is 192 Å². The molecule has 1 fully saturated rings. The number of aromatic nitrogens is 1. The van der Waals surface area contributed by atoms with Gasteiger partial charge in [-0.25, -0.2) is 13.2 Å². The number of benzene rings is 1. The second kappa shape index (κ2) is 10.0. The zero-order chi connectivity index (χ0) is 23.5. The number of amides is 1. The van der Waals surface area contributed by atoms with E-state index in [-0.39, 0.29) is 33.6 Å². The molecule has 1 aliphatic heterocycles. The van der Waals surface area contributed by atoms with Crippen molar-refractivity contribution in [1.29, 1.82) is 0 Å². The molecule has 1 amide bonds. The lowest BCUT2D eigenvalue weighted by Gasteiger charge is -2.30. The summed E-state index contributed by atoms with van der Waals surface area (Å²) in [6.07, 6.45) is 0.829. The molecule has 1 N–H and O–H groups in total. The van der Waals surface area contributed by atoms with Gasteiger partial charge in [-0.05, 0) is 50.3 Å². The van der Waals surface area contributed by atoms with Crippen LogP contribution in [0.25, 0.3) is 0 Å². The van der Waals surface area contributed by atoms with E-state index in [2.05, 4.69) is 10.5 Å². The molecule has 0 aliphatic carbocycles. The third-order valence-electron chi connectivity index (χ3n) is 5.20. The van der Waals surface area contributed by atoms with Crippen molar-refractivity contribution in [3.63, 3.8) is 0 Å². The van der Waals surface area contributed by atoms with Crippen LogP contribution in [0, 0.1) is 12.8 Å². The van der Waals surface area contributed by atoms with Crippen LogP contribution < -0.4 is 5.32 Å². The summed E-state index contributed by atoms with van der Waals surface area (Å²) in [5, 5.41) is 6.21. The summed E-state index contributed by atoms with van der Waals surface area (Å²) in [4.78, 5) is 25.0. The average molecular weight is 484 g/mol. The lowest BCUT2D eigenvalue weighted by molar-refractivity contribution is -0.124. The monoisotopic (exact) mass is 483 g/mol. The molecule has 0 radical (unpaired) electrons. The number of piperidine rings is 1. The van der Waals surface area contributed by atoms with Crippen LogP contribution in [0.2, 0.25) is 5.02 Å². The number of rotatable bonds is 7. The van der Waals surface area contributed by atoms with Gasteiger partial charge in [0.25, 0.3) is 5.91 Å². The number of aryl methyl sites for hydroxylation is 1. The summed E-state index contributed by atoms with van der Waals surface area (Å²) in [6.45, 7) is 6.15. The maximum absolute atomic E-state index is 13.1. The van der Waals surface area contributed by atoms with Gasteiger partial charge >= 0.3 is 5.97 Å². The molecular weight excluding hydrogens is 458 g/mol. The number of nitrogens with one attached hydrogen (secondary N) is 1. The van der Waals surface area contributed by atoms with Crippen molar-refractivity contribution in [3.05, 3.63) is 40.6 Å². The minimum atomic E-state index is -3.87. The van der Waals surface area contributed by atoms with Crippen LogP contribution in [0.1, 0.15) is 49.2 Å². The van der Waals surface area contributed by atoms with E-state index in [1.54, 1.807) is 13.8 Å². The highest BCUT2D eigenvalue weighted by atomic mass is 35.5.